The topological polar surface area (TPSA) is 20.2 Å². The molecule has 8 heavy (non-hydrogen) atoms. The third-order valence-corrected chi connectivity index (χ3v) is 1.01. The van der Waals surface area contributed by atoms with Gasteiger partial charge in [0, 0.05) is 42.2 Å². The van der Waals surface area contributed by atoms with E-state index in [1.165, 1.54) is 19.3 Å². The first-order valence-corrected chi connectivity index (χ1v) is 3.02. The van der Waals surface area contributed by atoms with Crippen molar-refractivity contribution >= 4 is 0 Å². The number of hydrogen-bond donors (Lipinski definition) is 1. The van der Waals surface area contributed by atoms with Crippen LogP contribution in [0.4, 0.5) is 0 Å². The SMILES string of the molecule is CCCCCCO.[La]. The van der Waals surface area contributed by atoms with Crippen LogP contribution in [0.5, 0.6) is 0 Å². The zero-order valence-corrected chi connectivity index (χ0v) is 9.19. The fourth-order valence-electron chi connectivity index (χ4n) is 0.539. The van der Waals surface area contributed by atoms with Crippen molar-refractivity contribution in [3.8, 4) is 0 Å². The van der Waals surface area contributed by atoms with Gasteiger partial charge in [0.1, 0.15) is 0 Å². The summed E-state index contributed by atoms with van der Waals surface area (Å²) in [5.41, 5.74) is 0. The van der Waals surface area contributed by atoms with Gasteiger partial charge >= 0.3 is 0 Å². The van der Waals surface area contributed by atoms with Crippen LogP contribution in [0, 0.1) is 35.6 Å². The van der Waals surface area contributed by atoms with E-state index in [2.05, 4.69) is 6.92 Å². The fraction of sp³-hybridized carbons (Fsp3) is 1.00. The quantitative estimate of drug-likeness (QED) is 0.740. The molecule has 1 N–H and O–H groups in total. The Morgan fingerprint density at radius 3 is 2.12 bits per heavy atom. The summed E-state index contributed by atoms with van der Waals surface area (Å²) >= 11 is 0. The Balaban J connectivity index is 0. The largest absolute Gasteiger partial charge is 0.396 e. The molecule has 0 aromatic heterocycles. The van der Waals surface area contributed by atoms with Gasteiger partial charge in [-0.05, 0) is 6.42 Å². The zero-order valence-electron chi connectivity index (χ0n) is 5.56. The average Bonchev–Trinajstić information content (AvgIpc) is 1.69. The van der Waals surface area contributed by atoms with Crippen LogP contribution in [-0.4, -0.2) is 11.7 Å². The summed E-state index contributed by atoms with van der Waals surface area (Å²) in [6.07, 6.45) is 4.68. The van der Waals surface area contributed by atoms with E-state index in [1.807, 2.05) is 0 Å². The minimum Gasteiger partial charge on any atom is -0.396 e. The van der Waals surface area contributed by atoms with Crippen molar-refractivity contribution in [2.45, 2.75) is 32.6 Å². The summed E-state index contributed by atoms with van der Waals surface area (Å²) in [5.74, 6) is 0. The predicted molar refractivity (Wildman–Crippen MR) is 31.2 cm³/mol. The second-order valence-electron chi connectivity index (χ2n) is 1.78. The third-order valence-electron chi connectivity index (χ3n) is 1.01. The molecule has 0 spiro atoms. The van der Waals surface area contributed by atoms with Gasteiger partial charge in [0.25, 0.3) is 0 Å². The molecule has 0 amide bonds. The van der Waals surface area contributed by atoms with Crippen molar-refractivity contribution in [1.29, 1.82) is 0 Å². The maximum atomic E-state index is 8.29. The Hall–Kier alpha value is 1.15. The molecule has 0 fully saturated rings. The molecular weight excluding hydrogens is 227 g/mol. The van der Waals surface area contributed by atoms with Crippen molar-refractivity contribution in [2.24, 2.45) is 0 Å². The minimum atomic E-state index is 0. The van der Waals surface area contributed by atoms with Crippen LogP contribution in [0.15, 0.2) is 0 Å². The molecule has 0 rings (SSSR count). The van der Waals surface area contributed by atoms with Gasteiger partial charge in [-0.2, -0.15) is 0 Å². The van der Waals surface area contributed by atoms with Gasteiger partial charge in [-0.25, -0.2) is 0 Å². The van der Waals surface area contributed by atoms with Crippen LogP contribution in [0.2, 0.25) is 0 Å². The van der Waals surface area contributed by atoms with Gasteiger partial charge in [-0.3, -0.25) is 0 Å². The molecule has 0 saturated carbocycles. The van der Waals surface area contributed by atoms with E-state index in [0.717, 1.165) is 6.42 Å². The first kappa shape index (κ1) is 11.9. The fourth-order valence-corrected chi connectivity index (χ4v) is 0.539. The Morgan fingerprint density at radius 2 is 1.75 bits per heavy atom. The second kappa shape index (κ2) is 11.0. The van der Waals surface area contributed by atoms with Gasteiger partial charge in [0.05, 0.1) is 0 Å². The smallest absolute Gasteiger partial charge is 0.0431 e. The molecule has 0 aliphatic heterocycles. The molecule has 0 saturated heterocycles. The maximum Gasteiger partial charge on any atom is 0.0431 e. The summed E-state index contributed by atoms with van der Waals surface area (Å²) in [4.78, 5) is 0. The standard InChI is InChI=1S/C6H14O.La/c1-2-3-4-5-6-7;/h7H,2-6H2,1H3;. The molecule has 0 heterocycles. The molecular formula is C6H14LaO. The van der Waals surface area contributed by atoms with Crippen LogP contribution >= 0.6 is 0 Å². The Kier molecular flexibility index (Phi) is 16.4. The second-order valence-corrected chi connectivity index (χ2v) is 1.78. The van der Waals surface area contributed by atoms with E-state index in [1.54, 1.807) is 0 Å². The Bertz CT molecular complexity index is 27.7. The minimum absolute atomic E-state index is 0. The van der Waals surface area contributed by atoms with Crippen LogP contribution in [-0.2, 0) is 0 Å². The molecule has 1 radical (unpaired) electrons. The molecule has 0 atom stereocenters. The number of hydrogen-bond acceptors (Lipinski definition) is 1. The summed E-state index contributed by atoms with van der Waals surface area (Å²) < 4.78 is 0. The first-order chi connectivity index (χ1) is 3.41. The summed E-state index contributed by atoms with van der Waals surface area (Å²) in [5, 5.41) is 8.29. The molecule has 0 aromatic carbocycles. The van der Waals surface area contributed by atoms with Gasteiger partial charge in [0.15, 0.2) is 0 Å². The van der Waals surface area contributed by atoms with Crippen LogP contribution < -0.4 is 0 Å². The van der Waals surface area contributed by atoms with Crippen LogP contribution in [0.1, 0.15) is 32.6 Å². The normalized spacial score (nSPS) is 8.25. The molecule has 47 valence electrons. The molecule has 0 aliphatic rings. The average molecular weight is 241 g/mol. The summed E-state index contributed by atoms with van der Waals surface area (Å²) in [6.45, 7) is 2.53. The number of rotatable bonds is 4. The molecule has 0 bridgehead atoms. The predicted octanol–water partition coefficient (Wildman–Crippen LogP) is 1.56. The Morgan fingerprint density at radius 1 is 1.12 bits per heavy atom. The van der Waals surface area contributed by atoms with Crippen molar-refractivity contribution < 1.29 is 40.7 Å². The monoisotopic (exact) mass is 241 g/mol. The maximum absolute atomic E-state index is 8.29. The zero-order chi connectivity index (χ0) is 5.54. The summed E-state index contributed by atoms with van der Waals surface area (Å²) in [6, 6.07) is 0. The van der Waals surface area contributed by atoms with E-state index < -0.39 is 0 Å². The van der Waals surface area contributed by atoms with Crippen molar-refractivity contribution in [3.05, 3.63) is 0 Å². The molecule has 0 unspecified atom stereocenters. The molecule has 0 aliphatic carbocycles. The van der Waals surface area contributed by atoms with Crippen molar-refractivity contribution in [2.75, 3.05) is 6.61 Å². The van der Waals surface area contributed by atoms with Crippen LogP contribution in [0.3, 0.4) is 0 Å². The van der Waals surface area contributed by atoms with E-state index in [0.29, 0.717) is 6.61 Å². The van der Waals surface area contributed by atoms with Gasteiger partial charge in [0.2, 0.25) is 0 Å². The van der Waals surface area contributed by atoms with E-state index in [4.69, 9.17) is 5.11 Å². The molecule has 2 heteroatoms. The summed E-state index contributed by atoms with van der Waals surface area (Å²) in [7, 11) is 0. The van der Waals surface area contributed by atoms with Crippen molar-refractivity contribution in [1.82, 2.24) is 0 Å². The molecule has 1 nitrogen and oxygen atoms in total. The third kappa shape index (κ3) is 10.2. The first-order valence-electron chi connectivity index (χ1n) is 3.02. The number of aliphatic hydroxyl groups is 1. The van der Waals surface area contributed by atoms with Gasteiger partial charge < -0.3 is 5.11 Å². The van der Waals surface area contributed by atoms with Gasteiger partial charge in [-0.1, -0.05) is 26.2 Å². The van der Waals surface area contributed by atoms with E-state index in [9.17, 15) is 0 Å². The number of unbranched alkanes of at least 4 members (excludes halogenated alkanes) is 3. The molecule has 0 aromatic rings. The van der Waals surface area contributed by atoms with Gasteiger partial charge in [-0.15, -0.1) is 0 Å². The van der Waals surface area contributed by atoms with Crippen LogP contribution in [0.25, 0.3) is 0 Å². The van der Waals surface area contributed by atoms with Crippen molar-refractivity contribution in [3.63, 3.8) is 0 Å². The van der Waals surface area contributed by atoms with E-state index in [-0.39, 0.29) is 35.6 Å². The van der Waals surface area contributed by atoms with E-state index >= 15 is 0 Å². The Labute approximate surface area is 79.5 Å². The number of aliphatic hydroxyl groups excluding tert-OH is 1.